The van der Waals surface area contributed by atoms with Gasteiger partial charge in [0.05, 0.1) is 0 Å². The summed E-state index contributed by atoms with van der Waals surface area (Å²) in [7, 11) is 0. The van der Waals surface area contributed by atoms with Gasteiger partial charge in [0.25, 0.3) is 0 Å². The minimum atomic E-state index is 0.571. The second kappa shape index (κ2) is 4.32. The molecular weight excluding hydrogens is 260 g/mol. The van der Waals surface area contributed by atoms with Gasteiger partial charge in [-0.15, -0.1) is 11.3 Å². The second-order valence-electron chi connectivity index (χ2n) is 5.68. The van der Waals surface area contributed by atoms with Gasteiger partial charge in [0.15, 0.2) is 0 Å². The predicted octanol–water partition coefficient (Wildman–Crippen LogP) is 6.33. The Bertz CT molecular complexity index is 928. The van der Waals surface area contributed by atoms with Crippen molar-refractivity contribution in [3.63, 3.8) is 0 Å². The van der Waals surface area contributed by atoms with Crippen LogP contribution in [0.4, 0.5) is 0 Å². The van der Waals surface area contributed by atoms with Crippen molar-refractivity contribution >= 4 is 42.3 Å². The molecule has 0 saturated carbocycles. The summed E-state index contributed by atoms with van der Waals surface area (Å²) < 4.78 is 2.85. The van der Waals surface area contributed by atoms with Gasteiger partial charge in [0.2, 0.25) is 0 Å². The molecule has 0 N–H and O–H groups in total. The van der Waals surface area contributed by atoms with Gasteiger partial charge in [-0.3, -0.25) is 0 Å². The van der Waals surface area contributed by atoms with Crippen LogP contribution in [-0.4, -0.2) is 0 Å². The third kappa shape index (κ3) is 1.66. The molecular formula is C19H16S. The van der Waals surface area contributed by atoms with Crippen molar-refractivity contribution in [2.75, 3.05) is 0 Å². The first-order chi connectivity index (χ1) is 9.74. The number of fused-ring (bicyclic) bond motifs is 4. The lowest BCUT2D eigenvalue weighted by Crippen LogP contribution is -1.85. The number of hydrogen-bond acceptors (Lipinski definition) is 1. The second-order valence-corrected chi connectivity index (χ2v) is 6.73. The van der Waals surface area contributed by atoms with E-state index in [9.17, 15) is 0 Å². The van der Waals surface area contributed by atoms with Crippen LogP contribution in [0.2, 0.25) is 0 Å². The number of thiophene rings is 1. The van der Waals surface area contributed by atoms with Gasteiger partial charge in [-0.2, -0.15) is 0 Å². The maximum Gasteiger partial charge on any atom is 0.0390 e. The van der Waals surface area contributed by atoms with Crippen molar-refractivity contribution in [3.05, 3.63) is 60.2 Å². The predicted molar refractivity (Wildman–Crippen MR) is 90.9 cm³/mol. The van der Waals surface area contributed by atoms with E-state index in [1.165, 1.54) is 36.5 Å². The molecule has 1 heterocycles. The summed E-state index contributed by atoms with van der Waals surface area (Å²) in [6, 6.07) is 20.0. The lowest BCUT2D eigenvalue weighted by Gasteiger charge is -2.05. The molecule has 0 aliphatic rings. The van der Waals surface area contributed by atoms with E-state index in [4.69, 9.17) is 0 Å². The molecule has 0 radical (unpaired) electrons. The van der Waals surface area contributed by atoms with Crippen molar-refractivity contribution in [3.8, 4) is 0 Å². The smallest absolute Gasteiger partial charge is 0.0390 e. The van der Waals surface area contributed by atoms with Crippen molar-refractivity contribution in [1.29, 1.82) is 0 Å². The maximum absolute atomic E-state index is 2.34. The Labute approximate surface area is 122 Å². The molecule has 0 saturated heterocycles. The zero-order valence-corrected chi connectivity index (χ0v) is 12.5. The molecule has 0 aliphatic carbocycles. The van der Waals surface area contributed by atoms with Crippen LogP contribution in [0.3, 0.4) is 0 Å². The standard InChI is InChI=1S/C19H16S/c1-12(2)15-8-5-9-16-17-10-13-6-3-4-7-14(13)11-18(17)20-19(15)16/h3-12H,1-2H3. The first-order valence-corrected chi connectivity index (χ1v) is 7.89. The van der Waals surface area contributed by atoms with Gasteiger partial charge in [0, 0.05) is 20.2 Å². The van der Waals surface area contributed by atoms with E-state index in [0.717, 1.165) is 0 Å². The van der Waals surface area contributed by atoms with E-state index in [2.05, 4.69) is 68.4 Å². The molecule has 1 aromatic heterocycles. The van der Waals surface area contributed by atoms with Gasteiger partial charge >= 0.3 is 0 Å². The van der Waals surface area contributed by atoms with E-state index in [1.54, 1.807) is 0 Å². The molecule has 0 atom stereocenters. The molecule has 0 spiro atoms. The van der Waals surface area contributed by atoms with Crippen molar-refractivity contribution < 1.29 is 0 Å². The Morgan fingerprint density at radius 2 is 1.55 bits per heavy atom. The average Bonchev–Trinajstić information content (AvgIpc) is 2.82. The molecule has 0 amide bonds. The highest BCUT2D eigenvalue weighted by Gasteiger charge is 2.11. The first kappa shape index (κ1) is 11.9. The van der Waals surface area contributed by atoms with Crippen molar-refractivity contribution in [1.82, 2.24) is 0 Å². The van der Waals surface area contributed by atoms with E-state index in [-0.39, 0.29) is 0 Å². The summed E-state index contributed by atoms with van der Waals surface area (Å²) in [6.45, 7) is 4.55. The highest BCUT2D eigenvalue weighted by molar-refractivity contribution is 7.26. The van der Waals surface area contributed by atoms with E-state index >= 15 is 0 Å². The molecule has 3 aromatic carbocycles. The van der Waals surface area contributed by atoms with Crippen LogP contribution in [0, 0.1) is 0 Å². The Kier molecular flexibility index (Phi) is 2.58. The van der Waals surface area contributed by atoms with E-state index in [1.807, 2.05) is 11.3 Å². The van der Waals surface area contributed by atoms with Gasteiger partial charge in [0.1, 0.15) is 0 Å². The Hall–Kier alpha value is -1.86. The van der Waals surface area contributed by atoms with Gasteiger partial charge < -0.3 is 0 Å². The zero-order valence-electron chi connectivity index (χ0n) is 11.7. The highest BCUT2D eigenvalue weighted by Crippen LogP contribution is 2.39. The molecule has 4 aromatic rings. The van der Waals surface area contributed by atoms with Crippen LogP contribution in [0.1, 0.15) is 25.3 Å². The molecule has 1 heteroatoms. The van der Waals surface area contributed by atoms with Crippen molar-refractivity contribution in [2.45, 2.75) is 19.8 Å². The summed E-state index contributed by atoms with van der Waals surface area (Å²) in [5.41, 5.74) is 1.47. The first-order valence-electron chi connectivity index (χ1n) is 7.08. The van der Waals surface area contributed by atoms with E-state index in [0.29, 0.717) is 5.92 Å². The Balaban J connectivity index is 2.19. The summed E-state index contributed by atoms with van der Waals surface area (Å²) in [4.78, 5) is 0. The Morgan fingerprint density at radius 1 is 0.800 bits per heavy atom. The molecule has 20 heavy (non-hydrogen) atoms. The SMILES string of the molecule is CC(C)c1cccc2c1sc1cc3ccccc3cc12. The molecule has 0 nitrogen and oxygen atoms in total. The fourth-order valence-electron chi connectivity index (χ4n) is 2.96. The molecule has 4 rings (SSSR count). The number of benzene rings is 3. The van der Waals surface area contributed by atoms with Gasteiger partial charge in [-0.1, -0.05) is 56.3 Å². The third-order valence-electron chi connectivity index (χ3n) is 4.02. The molecule has 0 aliphatic heterocycles. The van der Waals surface area contributed by atoms with Crippen LogP contribution >= 0.6 is 11.3 Å². The largest absolute Gasteiger partial charge is 0.135 e. The number of hydrogen-bond donors (Lipinski definition) is 0. The topological polar surface area (TPSA) is 0 Å². The molecule has 0 unspecified atom stereocenters. The molecule has 0 bridgehead atoms. The maximum atomic E-state index is 2.34. The molecule has 0 fully saturated rings. The highest BCUT2D eigenvalue weighted by atomic mass is 32.1. The van der Waals surface area contributed by atoms with Crippen LogP contribution in [0.25, 0.3) is 30.9 Å². The molecule has 98 valence electrons. The lowest BCUT2D eigenvalue weighted by atomic mass is 10.00. The fraction of sp³-hybridized carbons (Fsp3) is 0.158. The van der Waals surface area contributed by atoms with Crippen molar-refractivity contribution in [2.24, 2.45) is 0 Å². The fourth-order valence-corrected chi connectivity index (χ4v) is 4.35. The minimum absolute atomic E-state index is 0.571. The van der Waals surface area contributed by atoms with Crippen LogP contribution in [-0.2, 0) is 0 Å². The minimum Gasteiger partial charge on any atom is -0.135 e. The van der Waals surface area contributed by atoms with Crippen LogP contribution < -0.4 is 0 Å². The van der Waals surface area contributed by atoms with E-state index < -0.39 is 0 Å². The Morgan fingerprint density at radius 3 is 2.30 bits per heavy atom. The third-order valence-corrected chi connectivity index (χ3v) is 5.24. The van der Waals surface area contributed by atoms with Gasteiger partial charge in [-0.25, -0.2) is 0 Å². The monoisotopic (exact) mass is 276 g/mol. The van der Waals surface area contributed by atoms with Crippen LogP contribution in [0.15, 0.2) is 54.6 Å². The number of rotatable bonds is 1. The van der Waals surface area contributed by atoms with Gasteiger partial charge in [-0.05, 0) is 34.4 Å². The average molecular weight is 276 g/mol. The summed E-state index contributed by atoms with van der Waals surface area (Å²) in [6.07, 6.45) is 0. The quantitative estimate of drug-likeness (QED) is 0.381. The summed E-state index contributed by atoms with van der Waals surface area (Å²) in [5.74, 6) is 0.571. The lowest BCUT2D eigenvalue weighted by molar-refractivity contribution is 0.878. The zero-order chi connectivity index (χ0) is 13.7. The summed E-state index contributed by atoms with van der Waals surface area (Å²) >= 11 is 1.93. The summed E-state index contributed by atoms with van der Waals surface area (Å²) in [5, 5.41) is 5.46. The van der Waals surface area contributed by atoms with Crippen LogP contribution in [0.5, 0.6) is 0 Å². The normalized spacial score (nSPS) is 11.9.